The second-order valence-corrected chi connectivity index (χ2v) is 5.94. The number of methoxy groups -OCH3 is 1. The van der Waals surface area contributed by atoms with E-state index in [1.165, 1.54) is 0 Å². The fourth-order valence-electron chi connectivity index (χ4n) is 2.72. The van der Waals surface area contributed by atoms with E-state index in [1.54, 1.807) is 13.3 Å². The summed E-state index contributed by atoms with van der Waals surface area (Å²) in [5, 5.41) is 2.90. The predicted molar refractivity (Wildman–Crippen MR) is 100 cm³/mol. The van der Waals surface area contributed by atoms with Crippen LogP contribution >= 0.6 is 0 Å². The number of benzene rings is 2. The molecule has 0 aliphatic heterocycles. The number of hydrogen-bond acceptors (Lipinski definition) is 4. The molecule has 132 valence electrons. The topological polar surface area (TPSA) is 64.1 Å². The fraction of sp³-hybridized carbons (Fsp3) is 0.190. The number of aryl methyl sites for hydroxylation is 1. The quantitative estimate of drug-likeness (QED) is 0.743. The first-order valence-corrected chi connectivity index (χ1v) is 8.44. The number of nitrogens with one attached hydrogen (secondary N) is 1. The van der Waals surface area contributed by atoms with Gasteiger partial charge in [0.2, 0.25) is 0 Å². The van der Waals surface area contributed by atoms with Crippen LogP contribution in [-0.4, -0.2) is 23.0 Å². The first-order chi connectivity index (χ1) is 12.7. The van der Waals surface area contributed by atoms with E-state index in [4.69, 9.17) is 4.74 Å². The van der Waals surface area contributed by atoms with Crippen molar-refractivity contribution < 1.29 is 9.53 Å². The third-order valence-corrected chi connectivity index (χ3v) is 4.11. The summed E-state index contributed by atoms with van der Waals surface area (Å²) < 4.78 is 5.30. The maximum atomic E-state index is 12.5. The van der Waals surface area contributed by atoms with E-state index in [1.807, 2.05) is 61.5 Å². The van der Waals surface area contributed by atoms with Crippen molar-refractivity contribution >= 4 is 5.91 Å². The van der Waals surface area contributed by atoms with Gasteiger partial charge in [-0.25, -0.2) is 9.97 Å². The number of carbonyl (C=O) groups is 1. The normalized spacial score (nSPS) is 10.4. The molecular weight excluding hydrogens is 326 g/mol. The van der Waals surface area contributed by atoms with Crippen molar-refractivity contribution in [1.82, 2.24) is 15.3 Å². The highest BCUT2D eigenvalue weighted by Crippen LogP contribution is 2.17. The molecule has 0 saturated heterocycles. The minimum absolute atomic E-state index is 0.195. The number of nitrogens with zero attached hydrogens (tertiary/aromatic N) is 2. The zero-order valence-corrected chi connectivity index (χ0v) is 14.9. The SMILES string of the molecule is COc1ccccc1CNC(=O)c1cnc(Cc2ccccc2)nc1C. The Balaban J connectivity index is 1.68. The van der Waals surface area contributed by atoms with Crippen LogP contribution in [0.3, 0.4) is 0 Å². The molecule has 5 nitrogen and oxygen atoms in total. The van der Waals surface area contributed by atoms with Crippen LogP contribution in [0.1, 0.15) is 33.0 Å². The maximum Gasteiger partial charge on any atom is 0.254 e. The molecule has 0 spiro atoms. The summed E-state index contributed by atoms with van der Waals surface area (Å²) in [4.78, 5) is 21.3. The van der Waals surface area contributed by atoms with E-state index in [9.17, 15) is 4.79 Å². The second kappa shape index (κ2) is 8.25. The molecule has 0 aliphatic rings. The number of amides is 1. The molecule has 1 heterocycles. The number of rotatable bonds is 6. The predicted octanol–water partition coefficient (Wildman–Crippen LogP) is 3.31. The van der Waals surface area contributed by atoms with Crippen molar-refractivity contribution in [1.29, 1.82) is 0 Å². The van der Waals surface area contributed by atoms with Gasteiger partial charge in [0.15, 0.2) is 0 Å². The Hall–Kier alpha value is -3.21. The van der Waals surface area contributed by atoms with Gasteiger partial charge in [-0.15, -0.1) is 0 Å². The fourth-order valence-corrected chi connectivity index (χ4v) is 2.72. The lowest BCUT2D eigenvalue weighted by atomic mass is 10.1. The van der Waals surface area contributed by atoms with Gasteiger partial charge < -0.3 is 10.1 Å². The maximum absolute atomic E-state index is 12.5. The van der Waals surface area contributed by atoms with E-state index in [2.05, 4.69) is 15.3 Å². The third kappa shape index (κ3) is 4.25. The minimum atomic E-state index is -0.195. The van der Waals surface area contributed by atoms with Crippen LogP contribution < -0.4 is 10.1 Å². The third-order valence-electron chi connectivity index (χ3n) is 4.11. The van der Waals surface area contributed by atoms with Gasteiger partial charge in [0.05, 0.1) is 18.4 Å². The minimum Gasteiger partial charge on any atom is -0.496 e. The molecule has 3 aromatic rings. The summed E-state index contributed by atoms with van der Waals surface area (Å²) >= 11 is 0. The zero-order chi connectivity index (χ0) is 18.4. The molecule has 1 aromatic heterocycles. The molecule has 3 rings (SSSR count). The molecule has 0 unspecified atom stereocenters. The first-order valence-electron chi connectivity index (χ1n) is 8.44. The summed E-state index contributed by atoms with van der Waals surface area (Å²) in [6.45, 7) is 2.21. The number of carbonyl (C=O) groups excluding carboxylic acids is 1. The number of para-hydroxylation sites is 1. The molecule has 2 aromatic carbocycles. The average molecular weight is 347 g/mol. The Morgan fingerprint density at radius 1 is 1.08 bits per heavy atom. The van der Waals surface area contributed by atoms with Gasteiger partial charge in [-0.05, 0) is 18.6 Å². The van der Waals surface area contributed by atoms with E-state index >= 15 is 0 Å². The molecule has 0 fully saturated rings. The van der Waals surface area contributed by atoms with Crippen molar-refractivity contribution in [2.24, 2.45) is 0 Å². The van der Waals surface area contributed by atoms with Crippen LogP contribution in [0.25, 0.3) is 0 Å². The number of aromatic nitrogens is 2. The highest BCUT2D eigenvalue weighted by atomic mass is 16.5. The largest absolute Gasteiger partial charge is 0.496 e. The highest BCUT2D eigenvalue weighted by molar-refractivity contribution is 5.94. The summed E-state index contributed by atoms with van der Waals surface area (Å²) in [6, 6.07) is 17.6. The van der Waals surface area contributed by atoms with E-state index in [0.29, 0.717) is 30.0 Å². The number of hydrogen-bond donors (Lipinski definition) is 1. The molecule has 0 bridgehead atoms. The summed E-state index contributed by atoms with van der Waals surface area (Å²) in [7, 11) is 1.62. The first kappa shape index (κ1) is 17.6. The Labute approximate surface area is 153 Å². The van der Waals surface area contributed by atoms with Crippen molar-refractivity contribution in [3.8, 4) is 5.75 Å². The van der Waals surface area contributed by atoms with Gasteiger partial charge >= 0.3 is 0 Å². The van der Waals surface area contributed by atoms with Crippen LogP contribution in [0.2, 0.25) is 0 Å². The van der Waals surface area contributed by atoms with Gasteiger partial charge in [0.25, 0.3) is 5.91 Å². The lowest BCUT2D eigenvalue weighted by molar-refractivity contribution is 0.0949. The molecule has 0 radical (unpaired) electrons. The monoisotopic (exact) mass is 347 g/mol. The summed E-state index contributed by atoms with van der Waals surface area (Å²) in [6.07, 6.45) is 2.24. The Bertz CT molecular complexity index is 895. The standard InChI is InChI=1S/C21H21N3O2/c1-15-18(14-22-20(24-15)12-16-8-4-3-5-9-16)21(25)23-13-17-10-6-7-11-19(17)26-2/h3-11,14H,12-13H2,1-2H3,(H,23,25). The summed E-state index contributed by atoms with van der Waals surface area (Å²) in [5.41, 5.74) is 3.21. The van der Waals surface area contributed by atoms with Gasteiger partial charge in [-0.2, -0.15) is 0 Å². The molecule has 1 N–H and O–H groups in total. The molecule has 0 saturated carbocycles. The van der Waals surface area contributed by atoms with Crippen LogP contribution in [0.4, 0.5) is 0 Å². The lowest BCUT2D eigenvalue weighted by Crippen LogP contribution is -2.24. The number of ether oxygens (including phenoxy) is 1. The van der Waals surface area contributed by atoms with Gasteiger partial charge in [-0.1, -0.05) is 48.5 Å². The Morgan fingerprint density at radius 2 is 1.81 bits per heavy atom. The Kier molecular flexibility index (Phi) is 5.59. The van der Waals surface area contributed by atoms with Gasteiger partial charge in [-0.3, -0.25) is 4.79 Å². The smallest absolute Gasteiger partial charge is 0.254 e. The molecular formula is C21H21N3O2. The molecule has 1 amide bonds. The van der Waals surface area contributed by atoms with Crippen molar-refractivity contribution in [3.63, 3.8) is 0 Å². The van der Waals surface area contributed by atoms with E-state index in [0.717, 1.165) is 16.9 Å². The van der Waals surface area contributed by atoms with Crippen molar-refractivity contribution in [2.45, 2.75) is 19.9 Å². The Morgan fingerprint density at radius 3 is 2.54 bits per heavy atom. The molecule has 0 atom stereocenters. The van der Waals surface area contributed by atoms with Crippen molar-refractivity contribution in [2.75, 3.05) is 7.11 Å². The molecule has 26 heavy (non-hydrogen) atoms. The molecule has 5 heteroatoms. The van der Waals surface area contributed by atoms with Crippen molar-refractivity contribution in [3.05, 3.63) is 89.0 Å². The van der Waals surface area contributed by atoms with Crippen LogP contribution in [-0.2, 0) is 13.0 Å². The van der Waals surface area contributed by atoms with Crippen LogP contribution in [0.5, 0.6) is 5.75 Å². The van der Waals surface area contributed by atoms with E-state index in [-0.39, 0.29) is 5.91 Å². The molecule has 0 aliphatic carbocycles. The zero-order valence-electron chi connectivity index (χ0n) is 14.9. The van der Waals surface area contributed by atoms with Crippen LogP contribution in [0.15, 0.2) is 60.8 Å². The van der Waals surface area contributed by atoms with E-state index < -0.39 is 0 Å². The van der Waals surface area contributed by atoms with Gasteiger partial charge in [0, 0.05) is 24.7 Å². The van der Waals surface area contributed by atoms with Gasteiger partial charge in [0.1, 0.15) is 11.6 Å². The summed E-state index contributed by atoms with van der Waals surface area (Å²) in [5.74, 6) is 1.26. The second-order valence-electron chi connectivity index (χ2n) is 5.94. The lowest BCUT2D eigenvalue weighted by Gasteiger charge is -2.11. The average Bonchev–Trinajstić information content (AvgIpc) is 2.67. The van der Waals surface area contributed by atoms with Crippen LogP contribution in [0, 0.1) is 6.92 Å². The highest BCUT2D eigenvalue weighted by Gasteiger charge is 2.13.